The lowest BCUT2D eigenvalue weighted by molar-refractivity contribution is -0.385. The third kappa shape index (κ3) is 4.09. The molecule has 0 aliphatic carbocycles. The van der Waals surface area contributed by atoms with Crippen molar-refractivity contribution in [2.24, 2.45) is 0 Å². The standard InChI is InChI=1S/C13H15NO5/c1-8(4-13(15)16)7-19-12-6-11(14(17)18)9(2)5-10(12)3/h4-6H,7H2,1-3H3,(H,15,16)/b8-4-. The zero-order valence-corrected chi connectivity index (χ0v) is 11.0. The number of carboxylic acids is 1. The third-order valence-corrected chi connectivity index (χ3v) is 2.52. The summed E-state index contributed by atoms with van der Waals surface area (Å²) in [5, 5.41) is 19.4. The predicted molar refractivity (Wildman–Crippen MR) is 69.5 cm³/mol. The molecule has 0 heterocycles. The molecule has 0 amide bonds. The van der Waals surface area contributed by atoms with Crippen LogP contribution in [0.3, 0.4) is 0 Å². The quantitative estimate of drug-likeness (QED) is 0.502. The molecule has 0 fully saturated rings. The number of rotatable bonds is 5. The monoisotopic (exact) mass is 265 g/mol. The van der Waals surface area contributed by atoms with E-state index in [2.05, 4.69) is 0 Å². The highest BCUT2D eigenvalue weighted by molar-refractivity contribution is 5.80. The van der Waals surface area contributed by atoms with Gasteiger partial charge in [-0.2, -0.15) is 0 Å². The lowest BCUT2D eigenvalue weighted by Gasteiger charge is -2.10. The molecule has 0 aromatic heterocycles. The smallest absolute Gasteiger partial charge is 0.328 e. The number of carboxylic acid groups (broad SMARTS) is 1. The molecule has 1 rings (SSSR count). The Balaban J connectivity index is 2.93. The van der Waals surface area contributed by atoms with Gasteiger partial charge in [-0.15, -0.1) is 0 Å². The molecule has 0 spiro atoms. The van der Waals surface area contributed by atoms with Crippen molar-refractivity contribution in [2.45, 2.75) is 20.8 Å². The van der Waals surface area contributed by atoms with E-state index in [-0.39, 0.29) is 12.3 Å². The molecule has 0 saturated heterocycles. The summed E-state index contributed by atoms with van der Waals surface area (Å²) in [6.07, 6.45) is 1.04. The highest BCUT2D eigenvalue weighted by Crippen LogP contribution is 2.28. The molecule has 102 valence electrons. The second-order valence-corrected chi connectivity index (χ2v) is 4.28. The van der Waals surface area contributed by atoms with Gasteiger partial charge in [-0.25, -0.2) is 4.79 Å². The van der Waals surface area contributed by atoms with Crippen molar-refractivity contribution in [1.82, 2.24) is 0 Å². The number of nitro groups is 1. The summed E-state index contributed by atoms with van der Waals surface area (Å²) < 4.78 is 5.41. The van der Waals surface area contributed by atoms with Gasteiger partial charge in [0.05, 0.1) is 11.0 Å². The summed E-state index contributed by atoms with van der Waals surface area (Å²) in [6, 6.07) is 3.03. The summed E-state index contributed by atoms with van der Waals surface area (Å²) in [6.45, 7) is 5.13. The van der Waals surface area contributed by atoms with Gasteiger partial charge < -0.3 is 9.84 Å². The van der Waals surface area contributed by atoms with Crippen LogP contribution in [0, 0.1) is 24.0 Å². The molecule has 1 aromatic carbocycles. The van der Waals surface area contributed by atoms with Crippen molar-refractivity contribution in [2.75, 3.05) is 6.61 Å². The van der Waals surface area contributed by atoms with Gasteiger partial charge in [0.15, 0.2) is 0 Å². The normalized spacial score (nSPS) is 11.2. The van der Waals surface area contributed by atoms with Gasteiger partial charge in [0, 0.05) is 11.6 Å². The van der Waals surface area contributed by atoms with Crippen LogP contribution in [0.1, 0.15) is 18.1 Å². The minimum atomic E-state index is -1.05. The van der Waals surface area contributed by atoms with E-state index in [1.165, 1.54) is 6.07 Å². The predicted octanol–water partition coefficient (Wildman–Crippen LogP) is 2.62. The Morgan fingerprint density at radius 1 is 1.42 bits per heavy atom. The summed E-state index contributed by atoms with van der Waals surface area (Å²) >= 11 is 0. The highest BCUT2D eigenvalue weighted by atomic mass is 16.6. The number of aryl methyl sites for hydroxylation is 2. The van der Waals surface area contributed by atoms with E-state index < -0.39 is 10.9 Å². The number of nitro benzene ring substituents is 1. The van der Waals surface area contributed by atoms with Crippen LogP contribution in [0.2, 0.25) is 0 Å². The molecule has 1 N–H and O–H groups in total. The van der Waals surface area contributed by atoms with E-state index in [0.717, 1.165) is 11.6 Å². The van der Waals surface area contributed by atoms with Gasteiger partial charge in [-0.1, -0.05) is 0 Å². The molecule has 0 atom stereocenters. The Morgan fingerprint density at radius 2 is 2.05 bits per heavy atom. The van der Waals surface area contributed by atoms with Crippen molar-refractivity contribution < 1.29 is 19.6 Å². The summed E-state index contributed by atoms with van der Waals surface area (Å²) in [5.74, 6) is -0.664. The van der Waals surface area contributed by atoms with Gasteiger partial charge in [0.2, 0.25) is 0 Å². The van der Waals surface area contributed by atoms with Crippen LogP contribution in [0.15, 0.2) is 23.8 Å². The molecule has 0 saturated carbocycles. The fourth-order valence-corrected chi connectivity index (χ4v) is 1.62. The number of carbonyl (C=O) groups is 1. The second-order valence-electron chi connectivity index (χ2n) is 4.28. The van der Waals surface area contributed by atoms with Crippen LogP contribution in [0.4, 0.5) is 5.69 Å². The zero-order valence-electron chi connectivity index (χ0n) is 11.0. The molecule has 0 aliphatic heterocycles. The van der Waals surface area contributed by atoms with Gasteiger partial charge in [0.1, 0.15) is 12.4 Å². The van der Waals surface area contributed by atoms with Crippen molar-refractivity contribution in [3.8, 4) is 5.75 Å². The maximum Gasteiger partial charge on any atom is 0.328 e. The molecule has 6 heteroatoms. The minimum Gasteiger partial charge on any atom is -0.489 e. The molecule has 0 aliphatic rings. The van der Waals surface area contributed by atoms with Crippen molar-refractivity contribution >= 4 is 11.7 Å². The van der Waals surface area contributed by atoms with Crippen LogP contribution < -0.4 is 4.74 Å². The average Bonchev–Trinajstić information content (AvgIpc) is 2.26. The zero-order chi connectivity index (χ0) is 14.6. The fourth-order valence-electron chi connectivity index (χ4n) is 1.62. The molecule has 6 nitrogen and oxygen atoms in total. The summed E-state index contributed by atoms with van der Waals surface area (Å²) in [4.78, 5) is 20.8. The Kier molecular flexibility index (Phi) is 4.63. The van der Waals surface area contributed by atoms with Crippen LogP contribution >= 0.6 is 0 Å². The van der Waals surface area contributed by atoms with E-state index in [4.69, 9.17) is 9.84 Å². The van der Waals surface area contributed by atoms with Crippen LogP contribution in [0.25, 0.3) is 0 Å². The van der Waals surface area contributed by atoms with E-state index >= 15 is 0 Å². The topological polar surface area (TPSA) is 89.7 Å². The van der Waals surface area contributed by atoms with Crippen molar-refractivity contribution in [1.29, 1.82) is 0 Å². The van der Waals surface area contributed by atoms with E-state index in [1.807, 2.05) is 0 Å². The first-order valence-corrected chi connectivity index (χ1v) is 5.59. The maximum atomic E-state index is 10.8. The lowest BCUT2D eigenvalue weighted by Crippen LogP contribution is -2.03. The first-order chi connectivity index (χ1) is 8.81. The van der Waals surface area contributed by atoms with Crippen molar-refractivity contribution in [3.05, 3.63) is 45.0 Å². The Hall–Kier alpha value is -2.37. The number of aliphatic carboxylic acids is 1. The van der Waals surface area contributed by atoms with E-state index in [0.29, 0.717) is 16.9 Å². The fraction of sp³-hybridized carbons (Fsp3) is 0.308. The Bertz CT molecular complexity index is 548. The molecular weight excluding hydrogens is 250 g/mol. The largest absolute Gasteiger partial charge is 0.489 e. The first kappa shape index (κ1) is 14.7. The Labute approximate surface area is 110 Å². The lowest BCUT2D eigenvalue weighted by atomic mass is 10.1. The SMILES string of the molecule is C/C(=C/C(=O)O)COc1cc([N+](=O)[O-])c(C)cc1C. The van der Waals surface area contributed by atoms with Gasteiger partial charge in [-0.3, -0.25) is 10.1 Å². The number of nitrogens with zero attached hydrogens (tertiary/aromatic N) is 1. The molecule has 0 bridgehead atoms. The number of ether oxygens (including phenoxy) is 1. The molecule has 0 radical (unpaired) electrons. The highest BCUT2D eigenvalue weighted by Gasteiger charge is 2.14. The number of hydrogen-bond acceptors (Lipinski definition) is 4. The first-order valence-electron chi connectivity index (χ1n) is 5.59. The summed E-state index contributed by atoms with van der Waals surface area (Å²) in [7, 11) is 0. The summed E-state index contributed by atoms with van der Waals surface area (Å²) in [5.41, 5.74) is 1.84. The second kappa shape index (κ2) is 5.99. The van der Waals surface area contributed by atoms with Crippen LogP contribution in [-0.2, 0) is 4.79 Å². The van der Waals surface area contributed by atoms with Gasteiger partial charge >= 0.3 is 5.97 Å². The number of hydrogen-bond donors (Lipinski definition) is 1. The molecule has 1 aromatic rings. The van der Waals surface area contributed by atoms with E-state index in [1.54, 1.807) is 26.8 Å². The van der Waals surface area contributed by atoms with Crippen molar-refractivity contribution in [3.63, 3.8) is 0 Å². The van der Waals surface area contributed by atoms with Gasteiger partial charge in [0.25, 0.3) is 5.69 Å². The molecule has 19 heavy (non-hydrogen) atoms. The molecular formula is C13H15NO5. The van der Waals surface area contributed by atoms with Crippen LogP contribution in [-0.4, -0.2) is 22.6 Å². The van der Waals surface area contributed by atoms with Crippen LogP contribution in [0.5, 0.6) is 5.75 Å². The maximum absolute atomic E-state index is 10.8. The van der Waals surface area contributed by atoms with Gasteiger partial charge in [-0.05, 0) is 38.0 Å². The Morgan fingerprint density at radius 3 is 2.58 bits per heavy atom. The average molecular weight is 265 g/mol. The molecule has 0 unspecified atom stereocenters. The third-order valence-electron chi connectivity index (χ3n) is 2.52. The van der Waals surface area contributed by atoms with E-state index in [9.17, 15) is 14.9 Å². The minimum absolute atomic E-state index is 0.0135. The number of benzene rings is 1.